The minimum atomic E-state index is -2.69. The quantitative estimate of drug-likeness (QED) is 0.619. The molecule has 1 aromatic rings. The molecule has 0 saturated carbocycles. The molecular weight excluding hydrogens is 252 g/mol. The Balaban J connectivity index is 3.12. The molecule has 0 aromatic carbocycles. The Morgan fingerprint density at radius 2 is 2.24 bits per heavy atom. The van der Waals surface area contributed by atoms with E-state index in [4.69, 9.17) is 16.3 Å². The molecule has 0 aliphatic heterocycles. The fourth-order valence-corrected chi connectivity index (χ4v) is 1.70. The van der Waals surface area contributed by atoms with Gasteiger partial charge in [0.25, 0.3) is 6.43 Å². The summed E-state index contributed by atoms with van der Waals surface area (Å²) in [6.45, 7) is 3.33. The van der Waals surface area contributed by atoms with Crippen molar-refractivity contribution in [2.75, 3.05) is 6.61 Å². The van der Waals surface area contributed by atoms with Crippen LogP contribution in [0.3, 0.4) is 0 Å². The van der Waals surface area contributed by atoms with E-state index < -0.39 is 12.4 Å². The molecule has 0 radical (unpaired) electrons. The molecule has 1 rings (SSSR count). The van der Waals surface area contributed by atoms with Crippen molar-refractivity contribution >= 4 is 17.6 Å². The van der Waals surface area contributed by atoms with Crippen LogP contribution in [0.2, 0.25) is 5.15 Å². The van der Waals surface area contributed by atoms with E-state index >= 15 is 0 Å². The van der Waals surface area contributed by atoms with E-state index in [1.165, 1.54) is 13.1 Å². The lowest BCUT2D eigenvalue weighted by atomic mass is 10.0. The highest BCUT2D eigenvalue weighted by molar-refractivity contribution is 6.30. The van der Waals surface area contributed by atoms with Gasteiger partial charge in [-0.2, -0.15) is 0 Å². The first-order chi connectivity index (χ1) is 7.97. The summed E-state index contributed by atoms with van der Waals surface area (Å²) in [5.41, 5.74) is 0.113. The number of esters is 1. The average Bonchev–Trinajstić information content (AvgIpc) is 2.23. The van der Waals surface area contributed by atoms with Crippen molar-refractivity contribution in [1.29, 1.82) is 0 Å². The molecule has 3 nitrogen and oxygen atoms in total. The number of hydrogen-bond donors (Lipinski definition) is 0. The van der Waals surface area contributed by atoms with Gasteiger partial charge < -0.3 is 4.74 Å². The maximum atomic E-state index is 12.9. The predicted molar refractivity (Wildman–Crippen MR) is 59.3 cm³/mol. The van der Waals surface area contributed by atoms with Gasteiger partial charge >= 0.3 is 5.97 Å². The lowest BCUT2D eigenvalue weighted by Gasteiger charge is -2.12. The van der Waals surface area contributed by atoms with Crippen molar-refractivity contribution in [1.82, 2.24) is 4.98 Å². The molecule has 0 fully saturated rings. The van der Waals surface area contributed by atoms with E-state index in [0.29, 0.717) is 5.56 Å². The average molecular weight is 264 g/mol. The predicted octanol–water partition coefficient (Wildman–Crippen LogP) is 3.09. The molecule has 0 atom stereocenters. The van der Waals surface area contributed by atoms with Gasteiger partial charge in [-0.25, -0.2) is 13.8 Å². The van der Waals surface area contributed by atoms with E-state index in [1.54, 1.807) is 6.92 Å². The van der Waals surface area contributed by atoms with Crippen LogP contribution < -0.4 is 0 Å². The van der Waals surface area contributed by atoms with Gasteiger partial charge in [0.2, 0.25) is 0 Å². The van der Waals surface area contributed by atoms with Crippen LogP contribution in [0, 0.1) is 6.92 Å². The molecule has 0 bridgehead atoms. The van der Waals surface area contributed by atoms with Gasteiger partial charge in [-0.15, -0.1) is 0 Å². The fourth-order valence-electron chi connectivity index (χ4n) is 1.48. The zero-order valence-corrected chi connectivity index (χ0v) is 10.2. The van der Waals surface area contributed by atoms with Crippen LogP contribution in [0.15, 0.2) is 6.20 Å². The van der Waals surface area contributed by atoms with Gasteiger partial charge in [0.15, 0.2) is 0 Å². The zero-order valence-electron chi connectivity index (χ0n) is 9.47. The van der Waals surface area contributed by atoms with Crippen molar-refractivity contribution in [2.45, 2.75) is 26.7 Å². The van der Waals surface area contributed by atoms with Crippen LogP contribution in [0.4, 0.5) is 8.78 Å². The second-order valence-corrected chi connectivity index (χ2v) is 3.76. The highest BCUT2D eigenvalue weighted by atomic mass is 35.5. The first-order valence-corrected chi connectivity index (χ1v) is 5.42. The number of nitrogens with zero attached hydrogens (tertiary/aromatic N) is 1. The fraction of sp³-hybridized carbons (Fsp3) is 0.455. The number of aromatic nitrogens is 1. The minimum Gasteiger partial charge on any atom is -0.466 e. The number of alkyl halides is 2. The molecule has 0 aliphatic rings. The summed E-state index contributed by atoms with van der Waals surface area (Å²) in [4.78, 5) is 15.1. The molecule has 1 heterocycles. The summed E-state index contributed by atoms with van der Waals surface area (Å²) in [6.07, 6.45) is -1.72. The van der Waals surface area contributed by atoms with E-state index in [1.807, 2.05) is 0 Å². The van der Waals surface area contributed by atoms with Crippen molar-refractivity contribution in [3.05, 3.63) is 28.0 Å². The molecular formula is C11H12ClF2NO2. The summed E-state index contributed by atoms with van der Waals surface area (Å²) in [5.74, 6) is -0.594. The zero-order chi connectivity index (χ0) is 13.0. The standard InChI is InChI=1S/C11H12ClF2NO2/c1-3-17-8(16)4-7-9(11(13)14)6(2)5-15-10(7)12/h5,11H,3-4H2,1-2H3. The second-order valence-electron chi connectivity index (χ2n) is 3.41. The molecule has 6 heteroatoms. The third-order valence-corrected chi connectivity index (χ3v) is 2.54. The largest absolute Gasteiger partial charge is 0.466 e. The molecule has 1 aromatic heterocycles. The van der Waals surface area contributed by atoms with E-state index in [2.05, 4.69) is 4.98 Å². The number of aryl methyl sites for hydroxylation is 1. The summed E-state index contributed by atoms with van der Waals surface area (Å²) in [5, 5.41) is -0.0843. The molecule has 0 amide bonds. The number of rotatable bonds is 4. The van der Waals surface area contributed by atoms with E-state index in [-0.39, 0.29) is 29.3 Å². The molecule has 0 N–H and O–H groups in total. The number of halogens is 3. The van der Waals surface area contributed by atoms with E-state index in [0.717, 1.165) is 0 Å². The van der Waals surface area contributed by atoms with Crippen molar-refractivity contribution in [3.63, 3.8) is 0 Å². The summed E-state index contributed by atoms with van der Waals surface area (Å²) >= 11 is 5.74. The number of hydrogen-bond acceptors (Lipinski definition) is 3. The van der Waals surface area contributed by atoms with Crippen LogP contribution in [0.5, 0.6) is 0 Å². The Morgan fingerprint density at radius 1 is 1.59 bits per heavy atom. The van der Waals surface area contributed by atoms with E-state index in [9.17, 15) is 13.6 Å². The first-order valence-electron chi connectivity index (χ1n) is 5.05. The van der Waals surface area contributed by atoms with Gasteiger partial charge in [-0.1, -0.05) is 11.6 Å². The van der Waals surface area contributed by atoms with Crippen LogP contribution >= 0.6 is 11.6 Å². The molecule has 0 aliphatic carbocycles. The minimum absolute atomic E-state index is 0.0418. The maximum absolute atomic E-state index is 12.9. The van der Waals surface area contributed by atoms with Gasteiger partial charge in [0.05, 0.1) is 13.0 Å². The molecule has 0 spiro atoms. The SMILES string of the molecule is CCOC(=O)Cc1c(Cl)ncc(C)c1C(F)F. The Hall–Kier alpha value is -1.23. The van der Waals surface area contributed by atoms with Crippen LogP contribution in [0.25, 0.3) is 0 Å². The van der Waals surface area contributed by atoms with Crippen molar-refractivity contribution < 1.29 is 18.3 Å². The summed E-state index contributed by atoms with van der Waals surface area (Å²) < 4.78 is 30.4. The lowest BCUT2D eigenvalue weighted by molar-refractivity contribution is -0.142. The number of ether oxygens (including phenoxy) is 1. The number of carbonyl (C=O) groups excluding carboxylic acids is 1. The third kappa shape index (κ3) is 3.36. The Morgan fingerprint density at radius 3 is 2.76 bits per heavy atom. The Labute approximate surface area is 103 Å². The summed E-state index contributed by atoms with van der Waals surface area (Å²) in [6, 6.07) is 0. The Kier molecular flexibility index (Phi) is 4.81. The number of carbonyl (C=O) groups is 1. The monoisotopic (exact) mass is 263 g/mol. The van der Waals surface area contributed by atoms with Gasteiger partial charge in [0.1, 0.15) is 5.15 Å². The second kappa shape index (κ2) is 5.91. The highest BCUT2D eigenvalue weighted by Crippen LogP contribution is 2.30. The van der Waals surface area contributed by atoms with Gasteiger partial charge in [-0.05, 0) is 19.4 Å². The highest BCUT2D eigenvalue weighted by Gasteiger charge is 2.21. The van der Waals surface area contributed by atoms with Crippen molar-refractivity contribution in [2.24, 2.45) is 0 Å². The van der Waals surface area contributed by atoms with Crippen LogP contribution in [-0.2, 0) is 16.0 Å². The van der Waals surface area contributed by atoms with Gasteiger partial charge in [0, 0.05) is 17.3 Å². The Bertz CT molecular complexity index is 424. The molecule has 94 valence electrons. The smallest absolute Gasteiger partial charge is 0.310 e. The first kappa shape index (κ1) is 13.8. The molecule has 0 unspecified atom stereocenters. The normalized spacial score (nSPS) is 10.7. The number of pyridine rings is 1. The van der Waals surface area contributed by atoms with Crippen molar-refractivity contribution in [3.8, 4) is 0 Å². The maximum Gasteiger partial charge on any atom is 0.310 e. The molecule has 0 saturated heterocycles. The summed E-state index contributed by atoms with van der Waals surface area (Å²) in [7, 11) is 0. The van der Waals surface area contributed by atoms with Crippen LogP contribution in [-0.4, -0.2) is 17.6 Å². The third-order valence-electron chi connectivity index (χ3n) is 2.22. The van der Waals surface area contributed by atoms with Crippen LogP contribution in [0.1, 0.15) is 30.0 Å². The lowest BCUT2D eigenvalue weighted by Crippen LogP contribution is -2.11. The molecule has 17 heavy (non-hydrogen) atoms. The van der Waals surface area contributed by atoms with Gasteiger partial charge in [-0.3, -0.25) is 4.79 Å². The topological polar surface area (TPSA) is 39.2 Å².